The van der Waals surface area contributed by atoms with Crippen molar-refractivity contribution in [1.29, 1.82) is 0 Å². The fraction of sp³-hybridized carbons (Fsp3) is 0.0870. The van der Waals surface area contributed by atoms with Gasteiger partial charge in [0.05, 0.1) is 5.69 Å². The summed E-state index contributed by atoms with van der Waals surface area (Å²) in [6.45, 7) is 1.94. The SMILES string of the molecule is Cc1cccn2c(=O)c(C=Nc3ccc(Cl)cc3)c(N(C)c3ccccc3)nc12. The molecule has 0 aliphatic rings. The molecular weight excluding hydrogens is 384 g/mol. The number of aryl methyl sites for hydroxylation is 1. The van der Waals surface area contributed by atoms with Crippen LogP contribution in [0.15, 0.2) is 82.7 Å². The first-order valence-electron chi connectivity index (χ1n) is 9.15. The lowest BCUT2D eigenvalue weighted by molar-refractivity contribution is 1.00. The van der Waals surface area contributed by atoms with Gasteiger partial charge < -0.3 is 4.90 Å². The molecule has 2 aromatic carbocycles. The second kappa shape index (κ2) is 7.89. The molecule has 6 heteroatoms. The van der Waals surface area contributed by atoms with E-state index in [1.807, 2.05) is 61.3 Å². The average Bonchev–Trinajstić information content (AvgIpc) is 2.75. The van der Waals surface area contributed by atoms with Gasteiger partial charge in [-0.1, -0.05) is 35.9 Å². The molecule has 29 heavy (non-hydrogen) atoms. The Morgan fingerprint density at radius 3 is 2.48 bits per heavy atom. The van der Waals surface area contributed by atoms with E-state index in [9.17, 15) is 4.79 Å². The minimum atomic E-state index is -0.172. The molecule has 0 N–H and O–H groups in total. The lowest BCUT2D eigenvalue weighted by atomic mass is 10.2. The Hall–Kier alpha value is -3.44. The Kier molecular flexibility index (Phi) is 5.14. The Balaban J connectivity index is 1.92. The van der Waals surface area contributed by atoms with Crippen LogP contribution in [0.2, 0.25) is 5.02 Å². The van der Waals surface area contributed by atoms with Crippen molar-refractivity contribution in [3.63, 3.8) is 0 Å². The monoisotopic (exact) mass is 402 g/mol. The third-order valence-electron chi connectivity index (χ3n) is 4.69. The molecule has 0 unspecified atom stereocenters. The van der Waals surface area contributed by atoms with E-state index >= 15 is 0 Å². The molecule has 2 aromatic heterocycles. The Morgan fingerprint density at radius 2 is 1.76 bits per heavy atom. The zero-order valence-corrected chi connectivity index (χ0v) is 16.8. The van der Waals surface area contributed by atoms with Crippen LogP contribution in [0.4, 0.5) is 17.2 Å². The maximum atomic E-state index is 13.3. The summed E-state index contributed by atoms with van der Waals surface area (Å²) in [6.07, 6.45) is 3.30. The lowest BCUT2D eigenvalue weighted by Crippen LogP contribution is -2.25. The molecule has 0 spiro atoms. The average molecular weight is 403 g/mol. The van der Waals surface area contributed by atoms with Gasteiger partial charge in [-0.2, -0.15) is 0 Å². The van der Waals surface area contributed by atoms with Crippen LogP contribution in [-0.2, 0) is 0 Å². The number of para-hydroxylation sites is 1. The first-order valence-corrected chi connectivity index (χ1v) is 9.53. The van der Waals surface area contributed by atoms with Crippen molar-refractivity contribution >= 4 is 40.7 Å². The number of fused-ring (bicyclic) bond motifs is 1. The first-order chi connectivity index (χ1) is 14.0. The number of anilines is 2. The van der Waals surface area contributed by atoms with Crippen molar-refractivity contribution in [2.45, 2.75) is 6.92 Å². The van der Waals surface area contributed by atoms with Crippen LogP contribution in [0.3, 0.4) is 0 Å². The summed E-state index contributed by atoms with van der Waals surface area (Å²) in [5, 5.41) is 0.636. The van der Waals surface area contributed by atoms with Crippen molar-refractivity contribution in [2.24, 2.45) is 4.99 Å². The third-order valence-corrected chi connectivity index (χ3v) is 4.95. The van der Waals surface area contributed by atoms with Gasteiger partial charge in [-0.3, -0.25) is 14.2 Å². The van der Waals surface area contributed by atoms with E-state index in [1.165, 1.54) is 0 Å². The highest BCUT2D eigenvalue weighted by molar-refractivity contribution is 6.30. The van der Waals surface area contributed by atoms with E-state index in [2.05, 4.69) is 4.99 Å². The number of rotatable bonds is 4. The summed E-state index contributed by atoms with van der Waals surface area (Å²) in [5.74, 6) is 0.549. The largest absolute Gasteiger partial charge is 0.329 e. The normalized spacial score (nSPS) is 11.3. The third kappa shape index (κ3) is 3.77. The molecule has 0 fully saturated rings. The minimum Gasteiger partial charge on any atom is -0.329 e. The Morgan fingerprint density at radius 1 is 1.03 bits per heavy atom. The molecule has 0 bridgehead atoms. The van der Waals surface area contributed by atoms with Crippen molar-refractivity contribution in [3.8, 4) is 0 Å². The van der Waals surface area contributed by atoms with Gasteiger partial charge in [0.15, 0.2) is 0 Å². The molecule has 2 heterocycles. The van der Waals surface area contributed by atoms with Gasteiger partial charge in [0.1, 0.15) is 17.0 Å². The van der Waals surface area contributed by atoms with E-state index in [1.54, 1.807) is 41.1 Å². The van der Waals surface area contributed by atoms with Gasteiger partial charge in [0, 0.05) is 30.2 Å². The van der Waals surface area contributed by atoms with Gasteiger partial charge in [-0.25, -0.2) is 4.98 Å². The summed E-state index contributed by atoms with van der Waals surface area (Å²) in [7, 11) is 1.89. The summed E-state index contributed by atoms with van der Waals surface area (Å²) in [6, 6.07) is 20.7. The van der Waals surface area contributed by atoms with Crippen molar-refractivity contribution < 1.29 is 0 Å². The predicted molar refractivity (Wildman–Crippen MR) is 119 cm³/mol. The number of aliphatic imine (C=N–C) groups is 1. The van der Waals surface area contributed by atoms with Crippen LogP contribution < -0.4 is 10.5 Å². The Labute approximate surface area is 173 Å². The molecule has 0 radical (unpaired) electrons. The van der Waals surface area contributed by atoms with Crippen LogP contribution in [0, 0.1) is 6.92 Å². The molecule has 144 valence electrons. The number of aromatic nitrogens is 2. The molecule has 4 rings (SSSR count). The van der Waals surface area contributed by atoms with Gasteiger partial charge in [-0.05, 0) is 55.0 Å². The lowest BCUT2D eigenvalue weighted by Gasteiger charge is -2.21. The van der Waals surface area contributed by atoms with E-state index in [0.717, 1.165) is 11.3 Å². The topological polar surface area (TPSA) is 50.0 Å². The smallest absolute Gasteiger partial charge is 0.268 e. The summed E-state index contributed by atoms with van der Waals surface area (Å²) >= 11 is 5.95. The maximum absolute atomic E-state index is 13.3. The zero-order valence-electron chi connectivity index (χ0n) is 16.1. The van der Waals surface area contributed by atoms with Crippen molar-refractivity contribution in [2.75, 3.05) is 11.9 Å². The molecule has 0 amide bonds. The highest BCUT2D eigenvalue weighted by atomic mass is 35.5. The molecule has 5 nitrogen and oxygen atoms in total. The standard InChI is InChI=1S/C23H19ClN4O/c1-16-7-6-14-28-21(16)26-22(27(2)19-8-4-3-5-9-19)20(23(28)29)15-25-18-12-10-17(24)11-13-18/h3-15H,1-2H3. The van der Waals surface area contributed by atoms with Crippen LogP contribution in [-0.4, -0.2) is 22.6 Å². The number of benzene rings is 2. The van der Waals surface area contributed by atoms with Crippen molar-refractivity contribution in [1.82, 2.24) is 9.38 Å². The second-order valence-corrected chi connectivity index (χ2v) is 7.10. The molecule has 0 atom stereocenters. The van der Waals surface area contributed by atoms with Crippen LogP contribution >= 0.6 is 11.6 Å². The van der Waals surface area contributed by atoms with E-state index in [4.69, 9.17) is 16.6 Å². The van der Waals surface area contributed by atoms with Gasteiger partial charge >= 0.3 is 0 Å². The molecule has 0 aliphatic heterocycles. The van der Waals surface area contributed by atoms with Crippen LogP contribution in [0.25, 0.3) is 5.65 Å². The second-order valence-electron chi connectivity index (χ2n) is 6.67. The van der Waals surface area contributed by atoms with Gasteiger partial charge in [0.25, 0.3) is 5.56 Å². The minimum absolute atomic E-state index is 0.172. The highest BCUT2D eigenvalue weighted by Gasteiger charge is 2.17. The van der Waals surface area contributed by atoms with Crippen molar-refractivity contribution in [3.05, 3.63) is 99.4 Å². The van der Waals surface area contributed by atoms with Crippen LogP contribution in [0.1, 0.15) is 11.1 Å². The molecular formula is C23H19ClN4O. The number of halogens is 1. The predicted octanol–water partition coefficient (Wildman–Crippen LogP) is 5.17. The van der Waals surface area contributed by atoms with Gasteiger partial charge in [0.2, 0.25) is 0 Å². The number of pyridine rings is 1. The van der Waals surface area contributed by atoms with Gasteiger partial charge in [-0.15, -0.1) is 0 Å². The highest BCUT2D eigenvalue weighted by Crippen LogP contribution is 2.24. The van der Waals surface area contributed by atoms with E-state index in [-0.39, 0.29) is 5.56 Å². The summed E-state index contributed by atoms with van der Waals surface area (Å²) in [4.78, 5) is 24.5. The quantitative estimate of drug-likeness (QED) is 0.442. The summed E-state index contributed by atoms with van der Waals surface area (Å²) in [5.41, 5.74) is 3.42. The number of nitrogens with zero attached hydrogens (tertiary/aromatic N) is 4. The van der Waals surface area contributed by atoms with Crippen LogP contribution in [0.5, 0.6) is 0 Å². The van der Waals surface area contributed by atoms with E-state index in [0.29, 0.717) is 27.7 Å². The Bertz CT molecular complexity index is 1250. The summed E-state index contributed by atoms with van der Waals surface area (Å²) < 4.78 is 1.56. The number of hydrogen-bond donors (Lipinski definition) is 0. The molecule has 0 aliphatic carbocycles. The fourth-order valence-electron chi connectivity index (χ4n) is 3.11. The first kappa shape index (κ1) is 18.9. The van der Waals surface area contributed by atoms with E-state index < -0.39 is 0 Å². The zero-order chi connectivity index (χ0) is 20.4. The number of hydrogen-bond acceptors (Lipinski definition) is 4. The molecule has 0 saturated heterocycles. The molecule has 4 aromatic rings. The molecule has 0 saturated carbocycles. The maximum Gasteiger partial charge on any atom is 0.268 e. The fourth-order valence-corrected chi connectivity index (χ4v) is 3.24.